The van der Waals surface area contributed by atoms with E-state index in [0.717, 1.165) is 22.8 Å². The summed E-state index contributed by atoms with van der Waals surface area (Å²) < 4.78 is 2.14. The van der Waals surface area contributed by atoms with Crippen LogP contribution in [0.4, 0.5) is 5.69 Å². The van der Waals surface area contributed by atoms with Crippen molar-refractivity contribution >= 4 is 16.6 Å². The van der Waals surface area contributed by atoms with Gasteiger partial charge in [0.2, 0.25) is 0 Å². The topological polar surface area (TPSA) is 21.1 Å². The highest BCUT2D eigenvalue weighted by atomic mass is 15.3. The lowest BCUT2D eigenvalue weighted by molar-refractivity contribution is 0.583. The van der Waals surface area contributed by atoms with E-state index in [1.807, 2.05) is 13.1 Å². The van der Waals surface area contributed by atoms with Crippen molar-refractivity contribution in [3.8, 4) is 11.8 Å². The van der Waals surface area contributed by atoms with Gasteiger partial charge in [-0.05, 0) is 68.4 Å². The minimum atomic E-state index is 0.187. The van der Waals surface area contributed by atoms with Crippen LogP contribution in [0, 0.1) is 30.6 Å². The van der Waals surface area contributed by atoms with Crippen LogP contribution in [0.3, 0.4) is 0 Å². The third-order valence-corrected chi connectivity index (χ3v) is 6.31. The molecule has 1 aliphatic carbocycles. The van der Waals surface area contributed by atoms with Gasteiger partial charge in [0.05, 0.1) is 17.8 Å². The first kappa shape index (κ1) is 16.4. The molecule has 3 atom stereocenters. The van der Waals surface area contributed by atoms with Crippen molar-refractivity contribution in [3.05, 3.63) is 59.3 Å². The van der Waals surface area contributed by atoms with Gasteiger partial charge in [-0.2, -0.15) is 5.10 Å². The van der Waals surface area contributed by atoms with Crippen molar-refractivity contribution in [2.24, 2.45) is 11.8 Å². The monoisotopic (exact) mass is 355 g/mol. The molecule has 3 heteroatoms. The first-order chi connectivity index (χ1) is 13.2. The molecule has 2 aliphatic rings. The van der Waals surface area contributed by atoms with E-state index in [0.29, 0.717) is 0 Å². The summed E-state index contributed by atoms with van der Waals surface area (Å²) in [5, 5.41) is 5.87. The summed E-state index contributed by atoms with van der Waals surface area (Å²) in [6.45, 7) is 8.74. The maximum absolute atomic E-state index is 4.73. The second-order valence-electron chi connectivity index (χ2n) is 8.08. The van der Waals surface area contributed by atoms with Crippen molar-refractivity contribution in [3.63, 3.8) is 0 Å². The molecule has 1 saturated carbocycles. The molecule has 3 unspecified atom stereocenters. The number of anilines is 1. The largest absolute Gasteiger partial charge is 0.371 e. The summed E-state index contributed by atoms with van der Waals surface area (Å²) in [6.07, 6.45) is 3.41. The van der Waals surface area contributed by atoms with Gasteiger partial charge < -0.3 is 4.90 Å². The molecule has 1 aromatic heterocycles. The van der Waals surface area contributed by atoms with E-state index in [2.05, 4.69) is 71.7 Å². The maximum Gasteiger partial charge on any atom is 0.0747 e. The van der Waals surface area contributed by atoms with Gasteiger partial charge in [-0.1, -0.05) is 24.1 Å². The number of aromatic nitrogens is 2. The van der Waals surface area contributed by atoms with Gasteiger partial charge in [0.1, 0.15) is 0 Å². The SMILES string of the molecule is CC#Cc1ccc(C)c2c1cnn2C(C)c1ccc(N2CC3CC3C2)cc1. The van der Waals surface area contributed by atoms with Gasteiger partial charge in [-0.25, -0.2) is 0 Å². The van der Waals surface area contributed by atoms with Crippen LogP contribution >= 0.6 is 0 Å². The van der Waals surface area contributed by atoms with Gasteiger partial charge in [-0.3, -0.25) is 4.68 Å². The number of hydrogen-bond donors (Lipinski definition) is 0. The van der Waals surface area contributed by atoms with Crippen LogP contribution in [0.1, 0.15) is 43.0 Å². The first-order valence-corrected chi connectivity index (χ1v) is 9.90. The minimum absolute atomic E-state index is 0.187. The highest BCUT2D eigenvalue weighted by Gasteiger charge is 2.45. The Balaban J connectivity index is 1.47. The van der Waals surface area contributed by atoms with Crippen LogP contribution in [0.5, 0.6) is 0 Å². The van der Waals surface area contributed by atoms with Gasteiger partial charge in [0.15, 0.2) is 0 Å². The quantitative estimate of drug-likeness (QED) is 0.630. The fourth-order valence-corrected chi connectivity index (χ4v) is 4.58. The zero-order valence-corrected chi connectivity index (χ0v) is 16.2. The Kier molecular flexibility index (Phi) is 3.75. The van der Waals surface area contributed by atoms with Crippen molar-refractivity contribution in [2.45, 2.75) is 33.2 Å². The first-order valence-electron chi connectivity index (χ1n) is 9.90. The standard InChI is InChI=1S/C24H25N3/c1-4-5-19-7-6-16(2)24-23(19)13-25-27(24)17(3)18-8-10-22(11-9-18)26-14-20-12-21(20)15-26/h6-11,13,17,20-21H,12,14-15H2,1-3H3. The van der Waals surface area contributed by atoms with Gasteiger partial charge in [-0.15, -0.1) is 5.92 Å². The van der Waals surface area contributed by atoms with Crippen LogP contribution in [-0.4, -0.2) is 22.9 Å². The Morgan fingerprint density at radius 3 is 2.52 bits per heavy atom. The molecular formula is C24H25N3. The van der Waals surface area contributed by atoms with Crippen molar-refractivity contribution in [1.82, 2.24) is 9.78 Å². The van der Waals surface area contributed by atoms with E-state index in [4.69, 9.17) is 5.10 Å². The fraction of sp³-hybridized carbons (Fsp3) is 0.375. The third-order valence-electron chi connectivity index (χ3n) is 6.31. The molecule has 1 saturated heterocycles. The molecule has 2 aromatic carbocycles. The van der Waals surface area contributed by atoms with Crippen LogP contribution in [-0.2, 0) is 0 Å². The second kappa shape index (κ2) is 6.16. The maximum atomic E-state index is 4.73. The summed E-state index contributed by atoms with van der Waals surface area (Å²) >= 11 is 0. The molecule has 0 amide bonds. The predicted molar refractivity (Wildman–Crippen MR) is 111 cm³/mol. The Bertz CT molecular complexity index is 1050. The number of aryl methyl sites for hydroxylation is 1. The Morgan fingerprint density at radius 2 is 1.81 bits per heavy atom. The molecule has 0 bridgehead atoms. The van der Waals surface area contributed by atoms with E-state index < -0.39 is 0 Å². The molecule has 2 fully saturated rings. The number of hydrogen-bond acceptors (Lipinski definition) is 2. The zero-order valence-electron chi connectivity index (χ0n) is 16.2. The molecule has 27 heavy (non-hydrogen) atoms. The summed E-state index contributed by atoms with van der Waals surface area (Å²) in [7, 11) is 0. The highest BCUT2D eigenvalue weighted by Crippen LogP contribution is 2.46. The number of fused-ring (bicyclic) bond motifs is 2. The average molecular weight is 355 g/mol. The molecule has 0 radical (unpaired) electrons. The second-order valence-corrected chi connectivity index (χ2v) is 8.08. The van der Waals surface area contributed by atoms with E-state index in [1.165, 1.54) is 41.8 Å². The molecule has 136 valence electrons. The van der Waals surface area contributed by atoms with Gasteiger partial charge in [0, 0.05) is 29.7 Å². The number of benzene rings is 2. The molecule has 0 spiro atoms. The lowest BCUT2D eigenvalue weighted by Gasteiger charge is -2.21. The summed E-state index contributed by atoms with van der Waals surface area (Å²) in [5.74, 6) is 8.14. The Morgan fingerprint density at radius 1 is 1.07 bits per heavy atom. The van der Waals surface area contributed by atoms with Crippen molar-refractivity contribution < 1.29 is 0 Å². The average Bonchev–Trinajstić information content (AvgIpc) is 3.09. The minimum Gasteiger partial charge on any atom is -0.371 e. The summed E-state index contributed by atoms with van der Waals surface area (Å²) in [4.78, 5) is 2.54. The lowest BCUT2D eigenvalue weighted by Crippen LogP contribution is -2.21. The smallest absolute Gasteiger partial charge is 0.0747 e. The van der Waals surface area contributed by atoms with E-state index in [9.17, 15) is 0 Å². The number of piperidine rings is 1. The van der Waals surface area contributed by atoms with E-state index in [-0.39, 0.29) is 6.04 Å². The van der Waals surface area contributed by atoms with E-state index >= 15 is 0 Å². The van der Waals surface area contributed by atoms with Crippen molar-refractivity contribution in [1.29, 1.82) is 0 Å². The van der Waals surface area contributed by atoms with Gasteiger partial charge >= 0.3 is 0 Å². The molecule has 3 nitrogen and oxygen atoms in total. The summed E-state index contributed by atoms with van der Waals surface area (Å²) in [5.41, 5.74) is 6.13. The zero-order chi connectivity index (χ0) is 18.5. The number of nitrogens with zero attached hydrogens (tertiary/aromatic N) is 3. The molecule has 1 aliphatic heterocycles. The van der Waals surface area contributed by atoms with E-state index in [1.54, 1.807) is 0 Å². The highest BCUT2D eigenvalue weighted by molar-refractivity contribution is 5.88. The Hall–Kier alpha value is -2.73. The molecule has 2 heterocycles. The van der Waals surface area contributed by atoms with Crippen LogP contribution in [0.25, 0.3) is 10.9 Å². The Labute approximate surface area is 161 Å². The normalized spacial score (nSPS) is 21.7. The molecule has 0 N–H and O–H groups in total. The van der Waals surface area contributed by atoms with Crippen LogP contribution in [0.2, 0.25) is 0 Å². The summed E-state index contributed by atoms with van der Waals surface area (Å²) in [6, 6.07) is 13.5. The molecule has 5 rings (SSSR count). The van der Waals surface area contributed by atoms with Crippen molar-refractivity contribution in [2.75, 3.05) is 18.0 Å². The van der Waals surface area contributed by atoms with Crippen LogP contribution < -0.4 is 4.90 Å². The fourth-order valence-electron chi connectivity index (χ4n) is 4.58. The third kappa shape index (κ3) is 2.72. The number of rotatable bonds is 3. The lowest BCUT2D eigenvalue weighted by atomic mass is 10.0. The van der Waals surface area contributed by atoms with Crippen LogP contribution in [0.15, 0.2) is 42.6 Å². The van der Waals surface area contributed by atoms with Gasteiger partial charge in [0.25, 0.3) is 0 Å². The molecular weight excluding hydrogens is 330 g/mol. The predicted octanol–water partition coefficient (Wildman–Crippen LogP) is 4.78. The molecule has 3 aromatic rings.